The van der Waals surface area contributed by atoms with Crippen molar-refractivity contribution in [2.45, 2.75) is 49.9 Å². The highest BCUT2D eigenvalue weighted by molar-refractivity contribution is 5.43. The van der Waals surface area contributed by atoms with Gasteiger partial charge in [-0.05, 0) is 49.4 Å². The summed E-state index contributed by atoms with van der Waals surface area (Å²) in [6.07, 6.45) is 8.39. The monoisotopic (exact) mass is 395 g/mol. The molecule has 2 aromatic carbocycles. The van der Waals surface area contributed by atoms with Gasteiger partial charge < -0.3 is 14.6 Å². The van der Waals surface area contributed by atoms with Gasteiger partial charge in [0.25, 0.3) is 0 Å². The Labute approximate surface area is 171 Å². The highest BCUT2D eigenvalue weighted by atomic mass is 19.1. The lowest BCUT2D eigenvalue weighted by atomic mass is 9.80. The summed E-state index contributed by atoms with van der Waals surface area (Å²) in [6.45, 7) is 0.953. The lowest BCUT2D eigenvalue weighted by Crippen LogP contribution is -2.49. The number of hydrogen-bond acceptors (Lipinski definition) is 4. The highest BCUT2D eigenvalue weighted by Crippen LogP contribution is 2.47. The molecule has 0 amide bonds. The predicted octanol–water partition coefficient (Wildman–Crippen LogP) is 3.86. The minimum Gasteiger partial charge on any atom is -0.493 e. The van der Waals surface area contributed by atoms with Gasteiger partial charge >= 0.3 is 0 Å². The number of benzene rings is 2. The van der Waals surface area contributed by atoms with Crippen molar-refractivity contribution in [2.75, 3.05) is 13.7 Å². The largest absolute Gasteiger partial charge is 0.493 e. The lowest BCUT2D eigenvalue weighted by molar-refractivity contribution is -0.0615. The van der Waals surface area contributed by atoms with Gasteiger partial charge in [-0.3, -0.25) is 4.90 Å². The Morgan fingerprint density at radius 2 is 1.90 bits per heavy atom. The van der Waals surface area contributed by atoms with E-state index in [0.717, 1.165) is 24.9 Å². The Kier molecular flexibility index (Phi) is 5.49. The van der Waals surface area contributed by atoms with Gasteiger partial charge in [0.15, 0.2) is 11.5 Å². The second-order valence-electron chi connectivity index (χ2n) is 7.96. The molecule has 0 saturated carbocycles. The molecule has 2 atom stereocenters. The maximum atomic E-state index is 14.3. The molecule has 0 aliphatic carbocycles. The molecule has 0 unspecified atom stereocenters. The van der Waals surface area contributed by atoms with E-state index in [4.69, 9.17) is 15.9 Å². The van der Waals surface area contributed by atoms with E-state index in [1.807, 2.05) is 18.2 Å². The van der Waals surface area contributed by atoms with Crippen LogP contribution in [0.25, 0.3) is 0 Å². The summed E-state index contributed by atoms with van der Waals surface area (Å²) in [5.74, 6) is 3.42. The van der Waals surface area contributed by atoms with E-state index in [1.165, 1.54) is 6.07 Å². The molecule has 29 heavy (non-hydrogen) atoms. The van der Waals surface area contributed by atoms with Crippen molar-refractivity contribution < 1.29 is 19.0 Å². The van der Waals surface area contributed by atoms with Crippen LogP contribution in [0.4, 0.5) is 4.39 Å². The van der Waals surface area contributed by atoms with Gasteiger partial charge in [0, 0.05) is 24.2 Å². The molecule has 0 spiro atoms. The van der Waals surface area contributed by atoms with Crippen LogP contribution in [-0.2, 0) is 12.1 Å². The van der Waals surface area contributed by atoms with Crippen molar-refractivity contribution in [3.63, 3.8) is 0 Å². The predicted molar refractivity (Wildman–Crippen MR) is 109 cm³/mol. The van der Waals surface area contributed by atoms with Crippen LogP contribution in [-0.4, -0.2) is 35.8 Å². The topological polar surface area (TPSA) is 41.9 Å². The van der Waals surface area contributed by atoms with E-state index in [1.54, 1.807) is 25.3 Å². The van der Waals surface area contributed by atoms with Crippen LogP contribution in [0.2, 0.25) is 0 Å². The average molecular weight is 395 g/mol. The molecular formula is C24H26FNO3. The van der Waals surface area contributed by atoms with Crippen LogP contribution in [0.3, 0.4) is 0 Å². The van der Waals surface area contributed by atoms with E-state index < -0.39 is 5.60 Å². The van der Waals surface area contributed by atoms with Crippen molar-refractivity contribution >= 4 is 0 Å². The highest BCUT2D eigenvalue weighted by Gasteiger charge is 2.48. The Balaban J connectivity index is 1.51. The molecule has 2 aliphatic heterocycles. The van der Waals surface area contributed by atoms with E-state index >= 15 is 0 Å². The molecule has 0 radical (unpaired) electrons. The minimum absolute atomic E-state index is 0.195. The number of ether oxygens (including phenoxy) is 2. The number of aliphatic hydroxyl groups is 1. The maximum Gasteiger partial charge on any atom is 0.162 e. The number of methoxy groups -OCH3 is 1. The zero-order valence-electron chi connectivity index (χ0n) is 16.6. The third-order valence-corrected chi connectivity index (χ3v) is 6.20. The van der Waals surface area contributed by atoms with Gasteiger partial charge in [-0.1, -0.05) is 30.2 Å². The van der Waals surface area contributed by atoms with Crippen LogP contribution in [0.5, 0.6) is 11.5 Å². The second-order valence-corrected chi connectivity index (χ2v) is 7.96. The fourth-order valence-electron chi connectivity index (χ4n) is 4.89. The normalized spacial score (nSPS) is 26.1. The molecule has 2 bridgehead atoms. The van der Waals surface area contributed by atoms with Gasteiger partial charge in [-0.2, -0.15) is 0 Å². The zero-order valence-corrected chi connectivity index (χ0v) is 16.6. The summed E-state index contributed by atoms with van der Waals surface area (Å²) < 4.78 is 25.3. The van der Waals surface area contributed by atoms with E-state index in [-0.39, 0.29) is 24.5 Å². The third-order valence-electron chi connectivity index (χ3n) is 6.20. The summed E-state index contributed by atoms with van der Waals surface area (Å²) in [5, 5.41) is 11.3. The van der Waals surface area contributed by atoms with E-state index in [0.29, 0.717) is 29.9 Å². The first-order valence-electron chi connectivity index (χ1n) is 10.0. The van der Waals surface area contributed by atoms with Gasteiger partial charge in [0.2, 0.25) is 0 Å². The number of hydrogen-bond donors (Lipinski definition) is 1. The van der Waals surface area contributed by atoms with E-state index in [9.17, 15) is 9.50 Å². The van der Waals surface area contributed by atoms with Crippen molar-refractivity contribution in [3.05, 3.63) is 59.4 Å². The molecule has 2 aromatic rings. The number of nitrogens with zero attached hydrogens (tertiary/aromatic N) is 1. The van der Waals surface area contributed by atoms with Crippen molar-refractivity contribution in [1.29, 1.82) is 0 Å². The Morgan fingerprint density at radius 3 is 2.55 bits per heavy atom. The standard InChI is InChI=1S/C24H26FNO3/c1-3-12-29-22-11-8-17(13-23(22)28-2)16-26-18-9-10-19(26)15-24(27,14-18)20-6-4-5-7-21(20)25/h1,4-8,11,13,18-19,27H,9-10,12,14-16H2,2H3/t18-,19-/m1/s1. The number of terminal acetylenes is 1. The Hall–Kier alpha value is -2.55. The van der Waals surface area contributed by atoms with Crippen molar-refractivity contribution in [1.82, 2.24) is 4.90 Å². The Morgan fingerprint density at radius 1 is 1.17 bits per heavy atom. The molecule has 4 rings (SSSR count). The molecule has 5 heteroatoms. The average Bonchev–Trinajstić information content (AvgIpc) is 2.96. The van der Waals surface area contributed by atoms with Crippen LogP contribution >= 0.6 is 0 Å². The van der Waals surface area contributed by atoms with Gasteiger partial charge in [-0.25, -0.2) is 4.39 Å². The van der Waals surface area contributed by atoms with Crippen molar-refractivity contribution in [3.8, 4) is 23.8 Å². The summed E-state index contributed by atoms with van der Waals surface area (Å²) in [6, 6.07) is 12.9. The van der Waals surface area contributed by atoms with Crippen LogP contribution in [0.15, 0.2) is 42.5 Å². The molecule has 2 fully saturated rings. The third kappa shape index (κ3) is 3.83. The Bertz CT molecular complexity index is 909. The lowest BCUT2D eigenvalue weighted by Gasteiger charge is -2.44. The number of halogens is 1. The van der Waals surface area contributed by atoms with Gasteiger partial charge in [0.05, 0.1) is 12.7 Å². The molecule has 2 heterocycles. The number of fused-ring (bicyclic) bond motifs is 2. The van der Waals surface area contributed by atoms with E-state index in [2.05, 4.69) is 10.8 Å². The zero-order chi connectivity index (χ0) is 20.4. The summed E-state index contributed by atoms with van der Waals surface area (Å²) in [5.41, 5.74) is 0.439. The summed E-state index contributed by atoms with van der Waals surface area (Å²) in [7, 11) is 1.61. The summed E-state index contributed by atoms with van der Waals surface area (Å²) in [4.78, 5) is 2.44. The molecular weight excluding hydrogens is 369 g/mol. The van der Waals surface area contributed by atoms with Gasteiger partial charge in [-0.15, -0.1) is 6.42 Å². The minimum atomic E-state index is -1.10. The van der Waals surface area contributed by atoms with Crippen LogP contribution in [0.1, 0.15) is 36.8 Å². The van der Waals surface area contributed by atoms with Crippen LogP contribution in [0, 0.1) is 18.2 Å². The number of rotatable bonds is 6. The molecule has 1 N–H and O–H groups in total. The second kappa shape index (κ2) is 8.06. The molecule has 152 valence electrons. The smallest absolute Gasteiger partial charge is 0.162 e. The maximum absolute atomic E-state index is 14.3. The quantitative estimate of drug-likeness (QED) is 0.755. The first-order valence-corrected chi connectivity index (χ1v) is 10.0. The fraction of sp³-hybridized carbons (Fsp3) is 0.417. The fourth-order valence-corrected chi connectivity index (χ4v) is 4.89. The van der Waals surface area contributed by atoms with Crippen LogP contribution < -0.4 is 9.47 Å². The summed E-state index contributed by atoms with van der Waals surface area (Å²) >= 11 is 0. The van der Waals surface area contributed by atoms with Crippen molar-refractivity contribution in [2.24, 2.45) is 0 Å². The van der Waals surface area contributed by atoms with Gasteiger partial charge in [0.1, 0.15) is 12.4 Å². The first-order chi connectivity index (χ1) is 14.0. The molecule has 0 aromatic heterocycles. The molecule has 4 nitrogen and oxygen atoms in total. The molecule has 2 saturated heterocycles. The molecule has 2 aliphatic rings. The SMILES string of the molecule is C#CCOc1ccc(CN2[C@@H]3CC[C@@H]2CC(O)(c2ccccc2F)C3)cc1OC. The first kappa shape index (κ1) is 19.8. The number of piperidine rings is 1.